The zero-order valence-corrected chi connectivity index (χ0v) is 13.3. The third-order valence-corrected chi connectivity index (χ3v) is 4.88. The summed E-state index contributed by atoms with van der Waals surface area (Å²) in [7, 11) is -3.73. The van der Waals surface area contributed by atoms with Crippen LogP contribution in [0.25, 0.3) is 0 Å². The van der Waals surface area contributed by atoms with Crippen molar-refractivity contribution in [3.8, 4) is 0 Å². The molecule has 3 rings (SSSR count). The van der Waals surface area contributed by atoms with E-state index in [0.29, 0.717) is 18.1 Å². The zero-order chi connectivity index (χ0) is 16.4. The van der Waals surface area contributed by atoms with Gasteiger partial charge in [0, 0.05) is 43.4 Å². The van der Waals surface area contributed by atoms with E-state index in [-0.39, 0.29) is 10.8 Å². The second-order valence-electron chi connectivity index (χ2n) is 5.27. The molecule has 0 unspecified atom stereocenters. The van der Waals surface area contributed by atoms with E-state index in [1.807, 2.05) is 0 Å². The lowest BCUT2D eigenvalue weighted by atomic mass is 10.1. The number of fused-ring (bicyclic) bond motifs is 1. The fourth-order valence-electron chi connectivity index (χ4n) is 2.42. The largest absolute Gasteiger partial charge is 0.326 e. The van der Waals surface area contributed by atoms with Crippen LogP contribution in [0.2, 0.25) is 0 Å². The Labute approximate surface area is 133 Å². The van der Waals surface area contributed by atoms with E-state index >= 15 is 0 Å². The quantitative estimate of drug-likeness (QED) is 0.660. The molecule has 2 heterocycles. The Hall–Kier alpha value is -2.39. The van der Waals surface area contributed by atoms with Crippen molar-refractivity contribution in [3.63, 3.8) is 0 Å². The number of benzene rings is 1. The van der Waals surface area contributed by atoms with Crippen molar-refractivity contribution >= 4 is 27.4 Å². The number of H-pyrrole nitrogens is 1. The third-order valence-electron chi connectivity index (χ3n) is 3.52. The number of aromatic amines is 1. The summed E-state index contributed by atoms with van der Waals surface area (Å²) in [4.78, 5) is 11.1. The molecule has 0 atom stereocenters. The number of hydrogen-bond acceptors (Lipinski definition) is 5. The van der Waals surface area contributed by atoms with Crippen molar-refractivity contribution in [2.24, 2.45) is 0 Å². The van der Waals surface area contributed by atoms with Gasteiger partial charge in [-0.15, -0.1) is 0 Å². The SMILES string of the molecule is CC(=O)Nc1ccc(S(=O)(=O)Nc2n[nH]c3c2CNCC3)cc1. The van der Waals surface area contributed by atoms with Crippen LogP contribution in [0.4, 0.5) is 11.5 Å². The van der Waals surface area contributed by atoms with Gasteiger partial charge in [-0.05, 0) is 24.3 Å². The first kappa shape index (κ1) is 15.5. The van der Waals surface area contributed by atoms with Crippen LogP contribution >= 0.6 is 0 Å². The van der Waals surface area contributed by atoms with E-state index < -0.39 is 10.0 Å². The van der Waals surface area contributed by atoms with Crippen LogP contribution in [0.5, 0.6) is 0 Å². The third kappa shape index (κ3) is 3.35. The van der Waals surface area contributed by atoms with Crippen LogP contribution in [-0.4, -0.2) is 31.1 Å². The maximum absolute atomic E-state index is 12.4. The minimum Gasteiger partial charge on any atom is -0.326 e. The molecule has 0 bridgehead atoms. The van der Waals surface area contributed by atoms with Crippen molar-refractivity contribution in [3.05, 3.63) is 35.5 Å². The number of sulfonamides is 1. The molecule has 0 saturated heterocycles. The molecule has 8 nitrogen and oxygen atoms in total. The lowest BCUT2D eigenvalue weighted by Crippen LogP contribution is -2.24. The molecule has 2 aromatic rings. The Morgan fingerprint density at radius 2 is 2.00 bits per heavy atom. The first-order valence-corrected chi connectivity index (χ1v) is 8.61. The van der Waals surface area contributed by atoms with Gasteiger partial charge in [-0.3, -0.25) is 14.6 Å². The summed E-state index contributed by atoms with van der Waals surface area (Å²) < 4.78 is 27.4. The molecule has 23 heavy (non-hydrogen) atoms. The fraction of sp³-hybridized carbons (Fsp3) is 0.286. The van der Waals surface area contributed by atoms with Crippen molar-refractivity contribution in [2.75, 3.05) is 16.6 Å². The molecule has 122 valence electrons. The lowest BCUT2D eigenvalue weighted by molar-refractivity contribution is -0.114. The smallest absolute Gasteiger partial charge is 0.263 e. The molecule has 4 N–H and O–H groups in total. The summed E-state index contributed by atoms with van der Waals surface area (Å²) >= 11 is 0. The average molecular weight is 335 g/mol. The van der Waals surface area contributed by atoms with Gasteiger partial charge < -0.3 is 10.6 Å². The minimum atomic E-state index is -3.73. The summed E-state index contributed by atoms with van der Waals surface area (Å²) in [6.07, 6.45) is 0.787. The minimum absolute atomic E-state index is 0.104. The van der Waals surface area contributed by atoms with Crippen LogP contribution in [0.1, 0.15) is 18.2 Å². The average Bonchev–Trinajstić information content (AvgIpc) is 2.90. The number of aromatic nitrogens is 2. The molecule has 1 aromatic carbocycles. The van der Waals surface area contributed by atoms with Gasteiger partial charge in [0.2, 0.25) is 5.91 Å². The summed E-state index contributed by atoms with van der Waals surface area (Å²) in [5, 5.41) is 12.7. The molecule has 0 spiro atoms. The molecule has 0 saturated carbocycles. The number of nitrogens with one attached hydrogen (secondary N) is 4. The monoisotopic (exact) mass is 335 g/mol. The van der Waals surface area contributed by atoms with Crippen LogP contribution in [-0.2, 0) is 27.8 Å². The molecule has 0 radical (unpaired) electrons. The Kier molecular flexibility index (Phi) is 4.05. The summed E-state index contributed by atoms with van der Waals surface area (Å²) in [5.74, 6) is 0.104. The standard InChI is InChI=1S/C14H17N5O3S/c1-9(20)16-10-2-4-11(5-3-10)23(21,22)19-14-12-8-15-7-6-13(12)17-18-14/h2-5,15H,6-8H2,1H3,(H,16,20)(H2,17,18,19). The maximum Gasteiger partial charge on any atom is 0.263 e. The first-order chi connectivity index (χ1) is 11.0. The molecule has 1 aromatic heterocycles. The Morgan fingerprint density at radius 1 is 1.26 bits per heavy atom. The molecule has 0 aliphatic carbocycles. The van der Waals surface area contributed by atoms with Crippen LogP contribution < -0.4 is 15.4 Å². The second kappa shape index (κ2) is 6.01. The summed E-state index contributed by atoms with van der Waals surface area (Å²) in [6.45, 7) is 2.80. The van der Waals surface area contributed by atoms with Crippen LogP contribution in [0, 0.1) is 0 Å². The van der Waals surface area contributed by atoms with Gasteiger partial charge in [0.25, 0.3) is 10.0 Å². The predicted molar refractivity (Wildman–Crippen MR) is 85.6 cm³/mol. The number of carbonyl (C=O) groups is 1. The molecular formula is C14H17N5O3S. The Bertz CT molecular complexity index is 827. The highest BCUT2D eigenvalue weighted by Gasteiger charge is 2.21. The molecule has 1 aliphatic heterocycles. The number of hydrogen-bond donors (Lipinski definition) is 4. The van der Waals surface area contributed by atoms with Gasteiger partial charge in [0.15, 0.2) is 5.82 Å². The van der Waals surface area contributed by atoms with E-state index in [1.54, 1.807) is 0 Å². The van der Waals surface area contributed by atoms with Crippen molar-refractivity contribution in [1.29, 1.82) is 0 Å². The highest BCUT2D eigenvalue weighted by molar-refractivity contribution is 7.92. The Morgan fingerprint density at radius 3 is 2.70 bits per heavy atom. The summed E-state index contributed by atoms with van der Waals surface area (Å²) in [5.41, 5.74) is 2.33. The van der Waals surface area contributed by atoms with E-state index in [0.717, 1.165) is 24.2 Å². The van der Waals surface area contributed by atoms with E-state index in [4.69, 9.17) is 0 Å². The molecule has 1 amide bonds. The molecular weight excluding hydrogens is 318 g/mol. The number of rotatable bonds is 4. The normalized spacial score (nSPS) is 14.1. The second-order valence-corrected chi connectivity index (χ2v) is 6.95. The molecule has 0 fully saturated rings. The number of amides is 1. The van der Waals surface area contributed by atoms with E-state index in [1.165, 1.54) is 31.2 Å². The van der Waals surface area contributed by atoms with Gasteiger partial charge in [-0.25, -0.2) is 8.42 Å². The maximum atomic E-state index is 12.4. The molecule has 9 heteroatoms. The van der Waals surface area contributed by atoms with Gasteiger partial charge in [0.05, 0.1) is 4.90 Å². The van der Waals surface area contributed by atoms with Crippen molar-refractivity contribution in [1.82, 2.24) is 15.5 Å². The number of anilines is 2. The predicted octanol–water partition coefficient (Wildman–Crippen LogP) is 0.815. The van der Waals surface area contributed by atoms with E-state index in [9.17, 15) is 13.2 Å². The van der Waals surface area contributed by atoms with Gasteiger partial charge in [-0.1, -0.05) is 0 Å². The van der Waals surface area contributed by atoms with Gasteiger partial charge >= 0.3 is 0 Å². The number of nitrogens with zero attached hydrogens (tertiary/aromatic N) is 1. The van der Waals surface area contributed by atoms with Gasteiger partial charge in [0.1, 0.15) is 0 Å². The Balaban J connectivity index is 1.81. The van der Waals surface area contributed by atoms with E-state index in [2.05, 4.69) is 25.6 Å². The zero-order valence-electron chi connectivity index (χ0n) is 12.5. The van der Waals surface area contributed by atoms with Crippen LogP contribution in [0.15, 0.2) is 29.2 Å². The first-order valence-electron chi connectivity index (χ1n) is 7.13. The van der Waals surface area contributed by atoms with Crippen LogP contribution in [0.3, 0.4) is 0 Å². The molecule has 1 aliphatic rings. The summed E-state index contributed by atoms with van der Waals surface area (Å²) in [6, 6.07) is 5.95. The lowest BCUT2D eigenvalue weighted by Gasteiger charge is -2.13. The van der Waals surface area contributed by atoms with Crippen molar-refractivity contribution in [2.45, 2.75) is 24.8 Å². The topological polar surface area (TPSA) is 116 Å². The number of carbonyl (C=O) groups excluding carboxylic acids is 1. The highest BCUT2D eigenvalue weighted by Crippen LogP contribution is 2.23. The van der Waals surface area contributed by atoms with Crippen molar-refractivity contribution < 1.29 is 13.2 Å². The fourth-order valence-corrected chi connectivity index (χ4v) is 3.45. The highest BCUT2D eigenvalue weighted by atomic mass is 32.2. The van der Waals surface area contributed by atoms with Gasteiger partial charge in [-0.2, -0.15) is 5.10 Å².